The van der Waals surface area contributed by atoms with E-state index in [0.717, 1.165) is 12.2 Å². The number of aromatic nitrogens is 2. The van der Waals surface area contributed by atoms with Crippen LogP contribution >= 0.6 is 0 Å². The Bertz CT molecular complexity index is 656. The molecule has 1 aromatic heterocycles. The number of rotatable bonds is 4. The van der Waals surface area contributed by atoms with Crippen LogP contribution in [0.1, 0.15) is 23.0 Å². The minimum absolute atomic E-state index is 0.293. The molecule has 100 valence electrons. The Kier molecular flexibility index (Phi) is 3.64. The third-order valence-corrected chi connectivity index (χ3v) is 3.65. The van der Waals surface area contributed by atoms with Crippen LogP contribution in [0.15, 0.2) is 73.1 Å². The second-order valence-corrected chi connectivity index (χ2v) is 5.00. The molecule has 0 aliphatic rings. The average molecular weight is 262 g/mol. The summed E-state index contributed by atoms with van der Waals surface area (Å²) < 4.78 is 2.25. The van der Waals surface area contributed by atoms with Crippen LogP contribution in [-0.2, 0) is 6.42 Å². The topological polar surface area (TPSA) is 17.8 Å². The zero-order valence-electron chi connectivity index (χ0n) is 11.6. The predicted octanol–water partition coefficient (Wildman–Crippen LogP) is 4.02. The molecule has 0 N–H and O–H groups in total. The number of hydrogen-bond acceptors (Lipinski definition) is 1. The summed E-state index contributed by atoms with van der Waals surface area (Å²) >= 11 is 0. The second-order valence-electron chi connectivity index (χ2n) is 5.00. The molecule has 2 aromatic carbocycles. The van der Waals surface area contributed by atoms with Crippen LogP contribution < -0.4 is 0 Å². The fourth-order valence-corrected chi connectivity index (χ4v) is 2.61. The van der Waals surface area contributed by atoms with Gasteiger partial charge < -0.3 is 4.57 Å². The lowest BCUT2D eigenvalue weighted by Gasteiger charge is -2.21. The molecule has 1 atom stereocenters. The highest BCUT2D eigenvalue weighted by molar-refractivity contribution is 5.25. The molecule has 0 aliphatic heterocycles. The first-order chi connectivity index (χ1) is 9.84. The van der Waals surface area contributed by atoms with Gasteiger partial charge in [0.25, 0.3) is 0 Å². The van der Waals surface area contributed by atoms with Gasteiger partial charge in [0, 0.05) is 12.4 Å². The second kappa shape index (κ2) is 5.74. The number of aryl methyl sites for hydroxylation is 1. The highest BCUT2D eigenvalue weighted by atomic mass is 15.1. The fraction of sp³-hybridized carbons (Fsp3) is 0.167. The van der Waals surface area contributed by atoms with Crippen molar-refractivity contribution in [3.05, 3.63) is 90.0 Å². The van der Waals surface area contributed by atoms with E-state index in [-0.39, 0.29) is 0 Å². The molecule has 3 aromatic rings. The van der Waals surface area contributed by atoms with E-state index in [9.17, 15) is 0 Å². The third kappa shape index (κ3) is 2.64. The predicted molar refractivity (Wildman–Crippen MR) is 81.7 cm³/mol. The fourth-order valence-electron chi connectivity index (χ4n) is 2.61. The Hall–Kier alpha value is -2.35. The van der Waals surface area contributed by atoms with Crippen molar-refractivity contribution >= 4 is 0 Å². The van der Waals surface area contributed by atoms with Gasteiger partial charge in [-0.3, -0.25) is 0 Å². The maximum absolute atomic E-state index is 4.37. The summed E-state index contributed by atoms with van der Waals surface area (Å²) in [6, 6.07) is 21.5. The zero-order chi connectivity index (χ0) is 13.8. The molecule has 20 heavy (non-hydrogen) atoms. The molecule has 2 heteroatoms. The van der Waals surface area contributed by atoms with Crippen molar-refractivity contribution in [1.29, 1.82) is 0 Å². The largest absolute Gasteiger partial charge is 0.327 e. The lowest BCUT2D eigenvalue weighted by atomic mass is 9.98. The molecule has 0 saturated heterocycles. The van der Waals surface area contributed by atoms with E-state index in [0.29, 0.717) is 6.04 Å². The minimum Gasteiger partial charge on any atom is -0.327 e. The van der Waals surface area contributed by atoms with Gasteiger partial charge in [0.05, 0.1) is 6.04 Å². The summed E-state index contributed by atoms with van der Waals surface area (Å²) in [5.41, 5.74) is 2.66. The van der Waals surface area contributed by atoms with Crippen LogP contribution in [0.5, 0.6) is 0 Å². The molecular formula is C18H18N2. The van der Waals surface area contributed by atoms with Crippen molar-refractivity contribution in [2.45, 2.75) is 19.4 Å². The third-order valence-electron chi connectivity index (χ3n) is 3.65. The maximum Gasteiger partial charge on any atom is 0.106 e. The number of hydrogen-bond donors (Lipinski definition) is 0. The molecule has 1 unspecified atom stereocenters. The summed E-state index contributed by atoms with van der Waals surface area (Å²) in [6.07, 6.45) is 4.91. The Balaban J connectivity index is 1.98. The first kappa shape index (κ1) is 12.7. The van der Waals surface area contributed by atoms with E-state index >= 15 is 0 Å². The van der Waals surface area contributed by atoms with Gasteiger partial charge in [0.1, 0.15) is 5.82 Å². The van der Waals surface area contributed by atoms with Crippen LogP contribution in [0.3, 0.4) is 0 Å². The minimum atomic E-state index is 0.293. The standard InChI is InChI=1S/C18H18N2/c1-15-19-12-13-20(15)18(17-10-6-3-7-11-17)14-16-8-4-2-5-9-16/h2-13,18H,14H2,1H3. The molecule has 0 fully saturated rings. The van der Waals surface area contributed by atoms with Crippen molar-refractivity contribution in [3.63, 3.8) is 0 Å². The van der Waals surface area contributed by atoms with Gasteiger partial charge in [0.15, 0.2) is 0 Å². The first-order valence-electron chi connectivity index (χ1n) is 6.93. The van der Waals surface area contributed by atoms with E-state index in [2.05, 4.69) is 83.3 Å². The van der Waals surface area contributed by atoms with E-state index in [1.54, 1.807) is 0 Å². The lowest BCUT2D eigenvalue weighted by molar-refractivity contribution is 0.566. The molecular weight excluding hydrogens is 244 g/mol. The van der Waals surface area contributed by atoms with Gasteiger partial charge in [-0.05, 0) is 24.5 Å². The van der Waals surface area contributed by atoms with Crippen molar-refractivity contribution in [1.82, 2.24) is 9.55 Å². The van der Waals surface area contributed by atoms with Gasteiger partial charge in [-0.2, -0.15) is 0 Å². The number of imidazole rings is 1. The number of nitrogens with zero attached hydrogens (tertiary/aromatic N) is 2. The van der Waals surface area contributed by atoms with Crippen LogP contribution in [0.25, 0.3) is 0 Å². The molecule has 1 heterocycles. The maximum atomic E-state index is 4.37. The van der Waals surface area contributed by atoms with Crippen LogP contribution in [-0.4, -0.2) is 9.55 Å². The molecule has 3 rings (SSSR count). The van der Waals surface area contributed by atoms with Crippen molar-refractivity contribution in [2.24, 2.45) is 0 Å². The van der Waals surface area contributed by atoms with Crippen molar-refractivity contribution in [3.8, 4) is 0 Å². The Morgan fingerprint density at radius 3 is 2.20 bits per heavy atom. The van der Waals surface area contributed by atoms with Gasteiger partial charge in [-0.1, -0.05) is 60.7 Å². The van der Waals surface area contributed by atoms with Crippen molar-refractivity contribution in [2.75, 3.05) is 0 Å². The quantitative estimate of drug-likeness (QED) is 0.694. The Morgan fingerprint density at radius 1 is 0.950 bits per heavy atom. The summed E-state index contributed by atoms with van der Waals surface area (Å²) in [5, 5.41) is 0. The Labute approximate surface area is 119 Å². The van der Waals surface area contributed by atoms with Crippen LogP contribution in [0.2, 0.25) is 0 Å². The van der Waals surface area contributed by atoms with E-state index in [4.69, 9.17) is 0 Å². The summed E-state index contributed by atoms with van der Waals surface area (Å²) in [4.78, 5) is 4.37. The highest BCUT2D eigenvalue weighted by Crippen LogP contribution is 2.24. The lowest BCUT2D eigenvalue weighted by Crippen LogP contribution is -2.14. The molecule has 0 saturated carbocycles. The van der Waals surface area contributed by atoms with Gasteiger partial charge in [0.2, 0.25) is 0 Å². The molecule has 0 radical (unpaired) electrons. The van der Waals surface area contributed by atoms with Gasteiger partial charge in [-0.25, -0.2) is 4.98 Å². The normalized spacial score (nSPS) is 12.2. The van der Waals surface area contributed by atoms with Gasteiger partial charge >= 0.3 is 0 Å². The molecule has 0 spiro atoms. The molecule has 0 bridgehead atoms. The van der Waals surface area contributed by atoms with Crippen molar-refractivity contribution < 1.29 is 0 Å². The highest BCUT2D eigenvalue weighted by Gasteiger charge is 2.15. The van der Waals surface area contributed by atoms with E-state index in [1.165, 1.54) is 11.1 Å². The van der Waals surface area contributed by atoms with Crippen LogP contribution in [0.4, 0.5) is 0 Å². The van der Waals surface area contributed by atoms with Crippen LogP contribution in [0, 0.1) is 6.92 Å². The summed E-state index contributed by atoms with van der Waals surface area (Å²) in [5.74, 6) is 1.05. The Morgan fingerprint density at radius 2 is 1.60 bits per heavy atom. The summed E-state index contributed by atoms with van der Waals surface area (Å²) in [6.45, 7) is 2.06. The van der Waals surface area contributed by atoms with E-state index < -0.39 is 0 Å². The van der Waals surface area contributed by atoms with E-state index in [1.807, 2.05) is 6.20 Å². The summed E-state index contributed by atoms with van der Waals surface area (Å²) in [7, 11) is 0. The number of benzene rings is 2. The zero-order valence-corrected chi connectivity index (χ0v) is 11.6. The van der Waals surface area contributed by atoms with Gasteiger partial charge in [-0.15, -0.1) is 0 Å². The smallest absolute Gasteiger partial charge is 0.106 e. The molecule has 2 nitrogen and oxygen atoms in total. The average Bonchev–Trinajstić information content (AvgIpc) is 2.93. The molecule has 0 amide bonds. The SMILES string of the molecule is Cc1nccn1C(Cc1ccccc1)c1ccccc1. The molecule has 0 aliphatic carbocycles. The monoisotopic (exact) mass is 262 g/mol. The first-order valence-corrected chi connectivity index (χ1v) is 6.93.